The van der Waals surface area contributed by atoms with Crippen LogP contribution in [-0.2, 0) is 27.8 Å². The van der Waals surface area contributed by atoms with Crippen molar-refractivity contribution in [1.82, 2.24) is 4.31 Å². The number of para-hydroxylation sites is 1. The molecule has 178 valence electrons. The monoisotopic (exact) mass is 476 g/mol. The molecule has 0 fully saturated rings. The Balaban J connectivity index is 1.76. The molecule has 0 unspecified atom stereocenters. The minimum Gasteiger partial charge on any atom is -0.308 e. The minimum absolute atomic E-state index is 0.0177. The largest absolute Gasteiger partial charge is 0.308 e. The van der Waals surface area contributed by atoms with Gasteiger partial charge in [-0.25, -0.2) is 8.42 Å². The van der Waals surface area contributed by atoms with Gasteiger partial charge in [-0.05, 0) is 80.5 Å². The zero-order valence-corrected chi connectivity index (χ0v) is 21.3. The van der Waals surface area contributed by atoms with E-state index in [0.717, 1.165) is 45.5 Å². The van der Waals surface area contributed by atoms with Gasteiger partial charge in [0.05, 0.1) is 11.4 Å². The van der Waals surface area contributed by atoms with Crippen molar-refractivity contribution in [3.63, 3.8) is 0 Å². The fraction of sp³-hybridized carbons (Fsp3) is 0.321. The van der Waals surface area contributed by atoms with Crippen molar-refractivity contribution in [3.8, 4) is 0 Å². The van der Waals surface area contributed by atoms with E-state index in [-0.39, 0.29) is 25.0 Å². The first-order chi connectivity index (χ1) is 16.1. The molecule has 6 heteroatoms. The van der Waals surface area contributed by atoms with Gasteiger partial charge in [-0.15, -0.1) is 0 Å². The van der Waals surface area contributed by atoms with Gasteiger partial charge in [0.1, 0.15) is 0 Å². The van der Waals surface area contributed by atoms with E-state index in [0.29, 0.717) is 4.90 Å². The third-order valence-electron chi connectivity index (χ3n) is 6.88. The fourth-order valence-electron chi connectivity index (χ4n) is 4.88. The summed E-state index contributed by atoms with van der Waals surface area (Å²) in [5.41, 5.74) is 6.14. The highest BCUT2D eigenvalue weighted by atomic mass is 32.2. The lowest BCUT2D eigenvalue weighted by molar-refractivity contribution is -0.119. The first-order valence-corrected chi connectivity index (χ1v) is 13.1. The number of carbonyl (C=O) groups is 1. The molecule has 0 bridgehead atoms. The summed E-state index contributed by atoms with van der Waals surface area (Å²) in [5.74, 6) is -0.211. The van der Waals surface area contributed by atoms with Gasteiger partial charge in [-0.3, -0.25) is 4.79 Å². The third-order valence-corrected chi connectivity index (χ3v) is 8.95. The number of aryl methyl sites for hydroxylation is 2. The van der Waals surface area contributed by atoms with Crippen LogP contribution in [0, 0.1) is 27.7 Å². The second-order valence-corrected chi connectivity index (χ2v) is 11.2. The van der Waals surface area contributed by atoms with Crippen LogP contribution in [0.4, 0.5) is 5.69 Å². The molecule has 4 rings (SSSR count). The Hall–Kier alpha value is -2.96. The summed E-state index contributed by atoms with van der Waals surface area (Å²) in [4.78, 5) is 15.7. The Morgan fingerprint density at radius 1 is 0.941 bits per heavy atom. The predicted octanol–water partition coefficient (Wildman–Crippen LogP) is 5.09. The number of sulfonamides is 1. The molecule has 0 aromatic heterocycles. The lowest BCUT2D eigenvalue weighted by Crippen LogP contribution is -2.45. The first-order valence-electron chi connectivity index (χ1n) is 11.6. The van der Waals surface area contributed by atoms with Crippen LogP contribution >= 0.6 is 0 Å². The highest BCUT2D eigenvalue weighted by Crippen LogP contribution is 2.33. The SMILES string of the molecule is Cc1cc(C)c(C)c(S(=O)(=O)N(CC(=O)N2c3ccccc3C[C@@H]2C)Cc2ccccc2)c1C. The van der Waals surface area contributed by atoms with Crippen LogP contribution in [0.25, 0.3) is 0 Å². The van der Waals surface area contributed by atoms with Crippen LogP contribution in [0.1, 0.15) is 40.3 Å². The molecular weight excluding hydrogens is 444 g/mol. The summed E-state index contributed by atoms with van der Waals surface area (Å²) in [5, 5.41) is 0. The van der Waals surface area contributed by atoms with Crippen LogP contribution < -0.4 is 4.90 Å². The number of fused-ring (bicyclic) bond motifs is 1. The summed E-state index contributed by atoms with van der Waals surface area (Å²) in [6.07, 6.45) is 0.767. The van der Waals surface area contributed by atoms with Crippen molar-refractivity contribution in [2.75, 3.05) is 11.4 Å². The third kappa shape index (κ3) is 4.40. The van der Waals surface area contributed by atoms with Gasteiger partial charge in [-0.1, -0.05) is 54.6 Å². The number of amides is 1. The molecule has 1 heterocycles. The molecule has 5 nitrogen and oxygen atoms in total. The molecule has 1 amide bonds. The Bertz CT molecular complexity index is 1310. The van der Waals surface area contributed by atoms with E-state index >= 15 is 0 Å². The Morgan fingerprint density at radius 2 is 1.53 bits per heavy atom. The zero-order chi connectivity index (χ0) is 24.6. The number of rotatable bonds is 6. The van der Waals surface area contributed by atoms with Crippen molar-refractivity contribution in [1.29, 1.82) is 0 Å². The van der Waals surface area contributed by atoms with Crippen LogP contribution in [0.15, 0.2) is 65.6 Å². The van der Waals surface area contributed by atoms with E-state index in [1.165, 1.54) is 4.31 Å². The van der Waals surface area contributed by atoms with Gasteiger partial charge in [0.15, 0.2) is 0 Å². The van der Waals surface area contributed by atoms with E-state index in [1.54, 1.807) is 4.90 Å². The second-order valence-electron chi connectivity index (χ2n) is 9.29. The number of benzene rings is 3. The second kappa shape index (κ2) is 9.35. The van der Waals surface area contributed by atoms with Crippen molar-refractivity contribution >= 4 is 21.6 Å². The summed E-state index contributed by atoms with van der Waals surface area (Å²) in [6, 6.07) is 19.3. The van der Waals surface area contributed by atoms with Crippen molar-refractivity contribution in [2.45, 2.75) is 58.5 Å². The van der Waals surface area contributed by atoms with Gasteiger partial charge in [0.25, 0.3) is 0 Å². The molecule has 34 heavy (non-hydrogen) atoms. The van der Waals surface area contributed by atoms with Gasteiger partial charge in [0.2, 0.25) is 15.9 Å². The topological polar surface area (TPSA) is 57.7 Å². The molecule has 3 aromatic rings. The summed E-state index contributed by atoms with van der Waals surface area (Å²) in [6.45, 7) is 9.46. The van der Waals surface area contributed by atoms with Gasteiger partial charge in [-0.2, -0.15) is 4.31 Å². The normalized spacial score (nSPS) is 15.6. The number of anilines is 1. The molecule has 0 saturated heterocycles. The average Bonchev–Trinajstić information content (AvgIpc) is 3.13. The molecule has 0 spiro atoms. The van der Waals surface area contributed by atoms with Crippen LogP contribution in [0.5, 0.6) is 0 Å². The maximum absolute atomic E-state index is 14.1. The molecular formula is C28H32N2O3S. The maximum Gasteiger partial charge on any atom is 0.244 e. The molecule has 0 radical (unpaired) electrons. The number of hydrogen-bond donors (Lipinski definition) is 0. The van der Waals surface area contributed by atoms with Gasteiger partial charge < -0.3 is 4.90 Å². The van der Waals surface area contributed by atoms with E-state index in [2.05, 4.69) is 0 Å². The van der Waals surface area contributed by atoms with Crippen LogP contribution in [0.2, 0.25) is 0 Å². The molecule has 0 saturated carbocycles. The first kappa shape index (κ1) is 24.2. The molecule has 1 aliphatic heterocycles. The Morgan fingerprint density at radius 3 is 2.18 bits per heavy atom. The minimum atomic E-state index is -3.94. The van der Waals surface area contributed by atoms with E-state index in [4.69, 9.17) is 0 Å². The lowest BCUT2D eigenvalue weighted by atomic mass is 10.0. The Kier molecular flexibility index (Phi) is 6.65. The van der Waals surface area contributed by atoms with E-state index in [1.807, 2.05) is 95.3 Å². The molecule has 1 atom stereocenters. The standard InChI is InChI=1S/C28H32N2O3S/c1-19-15-20(2)23(5)28(22(19)4)34(32,33)29(17-24-11-7-6-8-12-24)18-27(31)30-21(3)16-25-13-9-10-14-26(25)30/h6-15,21H,16-18H2,1-5H3/t21-/m0/s1. The van der Waals surface area contributed by atoms with Crippen LogP contribution in [0.3, 0.4) is 0 Å². The number of hydrogen-bond acceptors (Lipinski definition) is 3. The van der Waals surface area contributed by atoms with E-state index < -0.39 is 10.0 Å². The van der Waals surface area contributed by atoms with Crippen LogP contribution in [-0.4, -0.2) is 31.2 Å². The highest BCUT2D eigenvalue weighted by Gasteiger charge is 2.36. The highest BCUT2D eigenvalue weighted by molar-refractivity contribution is 7.89. The van der Waals surface area contributed by atoms with Crippen molar-refractivity contribution in [2.24, 2.45) is 0 Å². The van der Waals surface area contributed by atoms with Gasteiger partial charge >= 0.3 is 0 Å². The summed E-state index contributed by atoms with van der Waals surface area (Å²) in [7, 11) is -3.94. The number of carbonyl (C=O) groups excluding carboxylic acids is 1. The molecule has 3 aromatic carbocycles. The van der Waals surface area contributed by atoms with Crippen molar-refractivity contribution < 1.29 is 13.2 Å². The number of nitrogens with zero attached hydrogens (tertiary/aromatic N) is 2. The lowest BCUT2D eigenvalue weighted by Gasteiger charge is -2.29. The zero-order valence-electron chi connectivity index (χ0n) is 20.5. The average molecular weight is 477 g/mol. The summed E-state index contributed by atoms with van der Waals surface area (Å²) < 4.78 is 29.6. The summed E-state index contributed by atoms with van der Waals surface area (Å²) >= 11 is 0. The molecule has 1 aliphatic rings. The van der Waals surface area contributed by atoms with Crippen molar-refractivity contribution in [3.05, 3.63) is 94.0 Å². The predicted molar refractivity (Wildman–Crippen MR) is 137 cm³/mol. The Labute approximate surface area is 203 Å². The fourth-order valence-corrected chi connectivity index (χ4v) is 6.84. The van der Waals surface area contributed by atoms with E-state index in [9.17, 15) is 13.2 Å². The maximum atomic E-state index is 14.1. The van der Waals surface area contributed by atoms with Gasteiger partial charge in [0, 0.05) is 18.3 Å². The quantitative estimate of drug-likeness (QED) is 0.498. The molecule has 0 N–H and O–H groups in total. The molecule has 0 aliphatic carbocycles. The smallest absolute Gasteiger partial charge is 0.244 e.